The van der Waals surface area contributed by atoms with Crippen molar-refractivity contribution in [1.82, 2.24) is 20.2 Å². The Bertz CT molecular complexity index is 651. The van der Waals surface area contributed by atoms with E-state index >= 15 is 0 Å². The van der Waals surface area contributed by atoms with Crippen LogP contribution in [0.2, 0.25) is 0 Å². The van der Waals surface area contributed by atoms with Crippen LogP contribution in [0.4, 0.5) is 0 Å². The van der Waals surface area contributed by atoms with E-state index in [1.165, 1.54) is 6.33 Å². The van der Waals surface area contributed by atoms with Crippen LogP contribution in [0.15, 0.2) is 36.9 Å². The minimum absolute atomic E-state index is 0.271. The molecule has 0 amide bonds. The lowest BCUT2D eigenvalue weighted by molar-refractivity contribution is -0.272. The zero-order valence-electron chi connectivity index (χ0n) is 13.7. The van der Waals surface area contributed by atoms with Gasteiger partial charge in [0.1, 0.15) is 24.4 Å². The van der Waals surface area contributed by atoms with Crippen LogP contribution >= 0.6 is 0 Å². The smallest absolute Gasteiger partial charge is 0.214 e. The zero-order valence-corrected chi connectivity index (χ0v) is 13.7. The largest absolute Gasteiger partial charge is 0.497 e. The lowest BCUT2D eigenvalue weighted by Crippen LogP contribution is -2.49. The van der Waals surface area contributed by atoms with Crippen LogP contribution in [0, 0.1) is 5.41 Å². The first-order valence-electron chi connectivity index (χ1n) is 7.51. The molecule has 3 atom stereocenters. The van der Waals surface area contributed by atoms with Crippen molar-refractivity contribution in [2.75, 3.05) is 7.11 Å². The quantitative estimate of drug-likeness (QED) is 0.899. The van der Waals surface area contributed by atoms with E-state index in [1.54, 1.807) is 18.1 Å². The Labute approximate surface area is 135 Å². The molecule has 0 spiro atoms. The first kappa shape index (κ1) is 15.9. The average molecular weight is 318 g/mol. The molecule has 1 fully saturated rings. The van der Waals surface area contributed by atoms with Crippen LogP contribution in [0.25, 0.3) is 0 Å². The monoisotopic (exact) mass is 318 g/mol. The molecule has 124 valence electrons. The zero-order chi connectivity index (χ0) is 16.7. The number of hydrogen-bond donors (Lipinski definition) is 2. The first-order chi connectivity index (χ1) is 10.9. The molecule has 2 heterocycles. The molecule has 7 heteroatoms. The molecule has 23 heavy (non-hydrogen) atoms. The number of methoxy groups -OCH3 is 1. The van der Waals surface area contributed by atoms with Gasteiger partial charge in [0.05, 0.1) is 13.2 Å². The summed E-state index contributed by atoms with van der Waals surface area (Å²) in [5.74, 6) is -0.665. The van der Waals surface area contributed by atoms with Crippen molar-refractivity contribution in [2.24, 2.45) is 5.41 Å². The summed E-state index contributed by atoms with van der Waals surface area (Å²) < 4.78 is 6.84. The summed E-state index contributed by atoms with van der Waals surface area (Å²) >= 11 is 0. The third-order valence-electron chi connectivity index (χ3n) is 4.33. The summed E-state index contributed by atoms with van der Waals surface area (Å²) in [6, 6.07) is 6.91. The summed E-state index contributed by atoms with van der Waals surface area (Å²) in [6.07, 6.45) is 3.04. The van der Waals surface area contributed by atoms with E-state index in [9.17, 15) is 5.11 Å². The summed E-state index contributed by atoms with van der Waals surface area (Å²) in [7, 11) is 1.63. The maximum atomic E-state index is 11.2. The number of aromatic nitrogens is 3. The van der Waals surface area contributed by atoms with Crippen molar-refractivity contribution < 1.29 is 14.7 Å². The number of rotatable bonds is 3. The molecule has 2 aromatic rings. The second-order valence-electron chi connectivity index (χ2n) is 6.74. The minimum Gasteiger partial charge on any atom is -0.497 e. The van der Waals surface area contributed by atoms with Crippen molar-refractivity contribution in [3.8, 4) is 5.75 Å². The standard InChI is InChI=1S/C16H22N4O3/c1-15(2,3)16(21)14(20-10-17-9-18-20)13(19-23-16)11-5-7-12(22-4)8-6-11/h5-10,13-14,19,21H,1-4H3. The molecule has 1 aliphatic heterocycles. The van der Waals surface area contributed by atoms with Gasteiger partial charge in [-0.2, -0.15) is 10.6 Å². The maximum Gasteiger partial charge on any atom is 0.214 e. The van der Waals surface area contributed by atoms with Crippen LogP contribution in [0.5, 0.6) is 5.75 Å². The van der Waals surface area contributed by atoms with Crippen LogP contribution in [-0.2, 0) is 4.84 Å². The van der Waals surface area contributed by atoms with Gasteiger partial charge in [-0.05, 0) is 17.7 Å². The van der Waals surface area contributed by atoms with Crippen LogP contribution in [0.1, 0.15) is 38.4 Å². The van der Waals surface area contributed by atoms with Gasteiger partial charge in [-0.1, -0.05) is 32.9 Å². The number of aliphatic hydroxyl groups is 1. The fourth-order valence-corrected chi connectivity index (χ4v) is 2.86. The fraction of sp³-hybridized carbons (Fsp3) is 0.500. The van der Waals surface area contributed by atoms with Crippen molar-refractivity contribution >= 4 is 0 Å². The molecule has 0 saturated carbocycles. The van der Waals surface area contributed by atoms with Gasteiger partial charge in [-0.3, -0.25) is 4.84 Å². The van der Waals surface area contributed by atoms with Gasteiger partial charge in [0.2, 0.25) is 5.79 Å². The topological polar surface area (TPSA) is 81.4 Å². The fourth-order valence-electron chi connectivity index (χ4n) is 2.86. The number of nitrogens with zero attached hydrogens (tertiary/aromatic N) is 3. The maximum absolute atomic E-state index is 11.2. The number of hydrogen-bond acceptors (Lipinski definition) is 6. The summed E-state index contributed by atoms with van der Waals surface area (Å²) in [5, 5.41) is 15.4. The van der Waals surface area contributed by atoms with Gasteiger partial charge < -0.3 is 9.84 Å². The highest BCUT2D eigenvalue weighted by molar-refractivity contribution is 5.30. The van der Waals surface area contributed by atoms with Gasteiger partial charge in [-0.25, -0.2) is 9.67 Å². The van der Waals surface area contributed by atoms with Crippen molar-refractivity contribution in [2.45, 2.75) is 38.6 Å². The number of hydroxylamine groups is 1. The highest BCUT2D eigenvalue weighted by atomic mass is 16.8. The van der Waals surface area contributed by atoms with E-state index in [0.29, 0.717) is 0 Å². The molecular formula is C16H22N4O3. The number of ether oxygens (including phenoxy) is 1. The second-order valence-corrected chi connectivity index (χ2v) is 6.74. The molecule has 1 aromatic carbocycles. The molecule has 0 bridgehead atoms. The van der Waals surface area contributed by atoms with Crippen molar-refractivity contribution in [1.29, 1.82) is 0 Å². The molecule has 1 saturated heterocycles. The lowest BCUT2D eigenvalue weighted by Gasteiger charge is -2.39. The molecule has 7 nitrogen and oxygen atoms in total. The van der Waals surface area contributed by atoms with E-state index < -0.39 is 17.2 Å². The van der Waals surface area contributed by atoms with Gasteiger partial charge in [0.15, 0.2) is 0 Å². The Morgan fingerprint density at radius 3 is 2.52 bits per heavy atom. The van der Waals surface area contributed by atoms with Crippen molar-refractivity contribution in [3.63, 3.8) is 0 Å². The van der Waals surface area contributed by atoms with E-state index in [2.05, 4.69) is 15.6 Å². The van der Waals surface area contributed by atoms with E-state index in [4.69, 9.17) is 9.57 Å². The van der Waals surface area contributed by atoms with Gasteiger partial charge in [0, 0.05) is 5.41 Å². The van der Waals surface area contributed by atoms with Gasteiger partial charge in [-0.15, -0.1) is 0 Å². The predicted molar refractivity (Wildman–Crippen MR) is 83.4 cm³/mol. The molecule has 1 aromatic heterocycles. The van der Waals surface area contributed by atoms with Crippen molar-refractivity contribution in [3.05, 3.63) is 42.5 Å². The van der Waals surface area contributed by atoms with E-state index in [1.807, 2.05) is 45.0 Å². The molecule has 0 aliphatic carbocycles. The van der Waals surface area contributed by atoms with E-state index in [-0.39, 0.29) is 6.04 Å². The highest BCUT2D eigenvalue weighted by Gasteiger charge is 2.58. The lowest BCUT2D eigenvalue weighted by atomic mass is 9.78. The predicted octanol–water partition coefficient (Wildman–Crippen LogP) is 1.84. The molecule has 2 N–H and O–H groups in total. The summed E-state index contributed by atoms with van der Waals surface area (Å²) in [6.45, 7) is 5.78. The molecular weight excluding hydrogens is 296 g/mol. The minimum atomic E-state index is -1.44. The summed E-state index contributed by atoms with van der Waals surface area (Å²) in [5.41, 5.74) is 3.40. The van der Waals surface area contributed by atoms with E-state index in [0.717, 1.165) is 11.3 Å². The Hall–Kier alpha value is -1.96. The van der Waals surface area contributed by atoms with Crippen LogP contribution in [-0.4, -0.2) is 32.8 Å². The Morgan fingerprint density at radius 1 is 1.30 bits per heavy atom. The third kappa shape index (κ3) is 2.60. The summed E-state index contributed by atoms with van der Waals surface area (Å²) in [4.78, 5) is 9.66. The first-order valence-corrected chi connectivity index (χ1v) is 7.51. The van der Waals surface area contributed by atoms with Crippen LogP contribution in [0.3, 0.4) is 0 Å². The Balaban J connectivity index is 2.03. The SMILES string of the molecule is COc1ccc(C2NOC(O)(C(C)(C)C)C2n2cncn2)cc1. The number of benzene rings is 1. The van der Waals surface area contributed by atoms with Gasteiger partial charge in [0.25, 0.3) is 0 Å². The normalized spacial score (nSPS) is 28.0. The second kappa shape index (κ2) is 5.59. The molecule has 1 aliphatic rings. The Morgan fingerprint density at radius 2 is 2.00 bits per heavy atom. The Kier molecular flexibility index (Phi) is 3.87. The molecule has 3 rings (SSSR count). The molecule has 0 radical (unpaired) electrons. The average Bonchev–Trinajstić information content (AvgIpc) is 3.14. The number of nitrogens with one attached hydrogen (secondary N) is 1. The highest BCUT2D eigenvalue weighted by Crippen LogP contribution is 2.49. The van der Waals surface area contributed by atoms with Crippen LogP contribution < -0.4 is 10.2 Å². The third-order valence-corrected chi connectivity index (χ3v) is 4.33. The molecule has 3 unspecified atom stereocenters. The van der Waals surface area contributed by atoms with Gasteiger partial charge >= 0.3 is 0 Å².